The first-order valence-electron chi connectivity index (χ1n) is 6.71. The smallest absolute Gasteiger partial charge is 0.258 e. The van der Waals surface area contributed by atoms with Gasteiger partial charge in [0, 0.05) is 29.0 Å². The van der Waals surface area contributed by atoms with Crippen LogP contribution >= 0.6 is 46.4 Å². The molecule has 23 heavy (non-hydrogen) atoms. The van der Waals surface area contributed by atoms with Crippen LogP contribution in [0.1, 0.15) is 10.4 Å². The number of anilines is 2. The third-order valence-electron chi connectivity index (χ3n) is 3.04. The summed E-state index contributed by atoms with van der Waals surface area (Å²) in [6.07, 6.45) is 0. The van der Waals surface area contributed by atoms with E-state index in [1.165, 1.54) is 0 Å². The molecule has 7 heteroatoms. The number of carbonyl (C=O) groups excluding carboxylic acids is 1. The Labute approximate surface area is 159 Å². The number of rotatable bonds is 3. The minimum Gasteiger partial charge on any atom is -0.378 e. The van der Waals surface area contributed by atoms with Gasteiger partial charge in [0.15, 0.2) is 5.11 Å². The minimum absolute atomic E-state index is 0.225. The van der Waals surface area contributed by atoms with Gasteiger partial charge < -0.3 is 10.2 Å². The van der Waals surface area contributed by atoms with Crippen LogP contribution in [0.15, 0.2) is 42.5 Å². The number of carbonyl (C=O) groups is 1. The van der Waals surface area contributed by atoms with Gasteiger partial charge in [0.2, 0.25) is 0 Å². The molecule has 0 spiro atoms. The predicted octanol–water partition coefficient (Wildman–Crippen LogP) is 4.14. The quantitative estimate of drug-likeness (QED) is 0.535. The zero-order chi connectivity index (χ0) is 17.0. The molecule has 2 rings (SSSR count). The lowest BCUT2D eigenvalue weighted by Crippen LogP contribution is -2.34. The highest BCUT2D eigenvalue weighted by Gasteiger charge is 2.12. The molecule has 0 saturated heterocycles. The molecule has 120 valence electrons. The van der Waals surface area contributed by atoms with Crippen molar-refractivity contribution in [1.29, 1.82) is 0 Å². The van der Waals surface area contributed by atoms with E-state index in [1.807, 2.05) is 49.3 Å². The van der Waals surface area contributed by atoms with Crippen LogP contribution in [0, 0.1) is 3.57 Å². The molecule has 2 N–H and O–H groups in total. The highest BCUT2D eigenvalue weighted by Crippen LogP contribution is 2.19. The summed E-state index contributed by atoms with van der Waals surface area (Å²) in [6, 6.07) is 13.0. The third-order valence-corrected chi connectivity index (χ3v) is 4.25. The SMILES string of the molecule is CN(C)c1ccc(NC(=S)NC(=O)c2cc(I)ccc2Cl)cc1. The Morgan fingerprint density at radius 3 is 2.43 bits per heavy atom. The first-order valence-corrected chi connectivity index (χ1v) is 8.58. The Balaban J connectivity index is 2.01. The van der Waals surface area contributed by atoms with Crippen molar-refractivity contribution < 1.29 is 4.79 Å². The van der Waals surface area contributed by atoms with Gasteiger partial charge in [0.05, 0.1) is 10.6 Å². The van der Waals surface area contributed by atoms with E-state index in [0.29, 0.717) is 10.6 Å². The fourth-order valence-electron chi connectivity index (χ4n) is 1.85. The fraction of sp³-hybridized carbons (Fsp3) is 0.125. The fourth-order valence-corrected chi connectivity index (χ4v) is 2.75. The number of halogens is 2. The van der Waals surface area contributed by atoms with Crippen LogP contribution < -0.4 is 15.5 Å². The van der Waals surface area contributed by atoms with Gasteiger partial charge in [-0.2, -0.15) is 0 Å². The molecule has 1 amide bonds. The number of amides is 1. The molecule has 0 aliphatic carbocycles. The molecule has 2 aromatic carbocycles. The molecular weight excluding hydrogens is 445 g/mol. The number of nitrogens with zero attached hydrogens (tertiary/aromatic N) is 1. The first kappa shape index (κ1) is 18.0. The second-order valence-electron chi connectivity index (χ2n) is 4.97. The van der Waals surface area contributed by atoms with Crippen molar-refractivity contribution in [3.05, 3.63) is 56.6 Å². The van der Waals surface area contributed by atoms with Gasteiger partial charge in [0.1, 0.15) is 0 Å². The number of hydrogen-bond donors (Lipinski definition) is 2. The van der Waals surface area contributed by atoms with Gasteiger partial charge in [-0.05, 0) is 77.3 Å². The van der Waals surface area contributed by atoms with Crippen molar-refractivity contribution in [3.8, 4) is 0 Å². The zero-order valence-corrected chi connectivity index (χ0v) is 16.3. The van der Waals surface area contributed by atoms with Crippen molar-refractivity contribution in [3.63, 3.8) is 0 Å². The Morgan fingerprint density at radius 2 is 1.83 bits per heavy atom. The molecule has 0 aliphatic rings. The maximum Gasteiger partial charge on any atom is 0.258 e. The lowest BCUT2D eigenvalue weighted by molar-refractivity contribution is 0.0978. The Morgan fingerprint density at radius 1 is 1.17 bits per heavy atom. The normalized spacial score (nSPS) is 10.1. The van der Waals surface area contributed by atoms with Gasteiger partial charge >= 0.3 is 0 Å². The first-order chi connectivity index (χ1) is 10.9. The molecule has 0 aliphatic heterocycles. The molecule has 2 aromatic rings. The number of nitrogens with one attached hydrogen (secondary N) is 2. The lowest BCUT2D eigenvalue weighted by Gasteiger charge is -2.14. The van der Waals surface area contributed by atoms with E-state index in [0.717, 1.165) is 14.9 Å². The zero-order valence-electron chi connectivity index (χ0n) is 12.6. The average Bonchev–Trinajstić information content (AvgIpc) is 2.50. The molecule has 0 atom stereocenters. The summed E-state index contributed by atoms with van der Waals surface area (Å²) in [5.41, 5.74) is 2.27. The number of thiocarbonyl (C=S) groups is 1. The molecule has 0 radical (unpaired) electrons. The van der Waals surface area contributed by atoms with Crippen molar-refractivity contribution in [2.24, 2.45) is 0 Å². The average molecular weight is 460 g/mol. The van der Waals surface area contributed by atoms with E-state index in [2.05, 4.69) is 33.2 Å². The summed E-state index contributed by atoms with van der Waals surface area (Å²) in [5.74, 6) is -0.337. The topological polar surface area (TPSA) is 44.4 Å². The van der Waals surface area contributed by atoms with E-state index in [4.69, 9.17) is 23.8 Å². The van der Waals surface area contributed by atoms with Crippen LogP contribution in [0.5, 0.6) is 0 Å². The monoisotopic (exact) mass is 459 g/mol. The van der Waals surface area contributed by atoms with E-state index < -0.39 is 0 Å². The van der Waals surface area contributed by atoms with Crippen LogP contribution in [0.4, 0.5) is 11.4 Å². The van der Waals surface area contributed by atoms with Crippen molar-refractivity contribution in [2.45, 2.75) is 0 Å². The second kappa shape index (κ2) is 7.94. The van der Waals surface area contributed by atoms with Crippen molar-refractivity contribution in [1.82, 2.24) is 5.32 Å². The van der Waals surface area contributed by atoms with Crippen LogP contribution in [0.2, 0.25) is 5.02 Å². The Kier molecular flexibility index (Phi) is 6.20. The van der Waals surface area contributed by atoms with Crippen LogP contribution in [-0.4, -0.2) is 25.1 Å². The van der Waals surface area contributed by atoms with Crippen LogP contribution in [0.25, 0.3) is 0 Å². The second-order valence-corrected chi connectivity index (χ2v) is 7.03. The highest BCUT2D eigenvalue weighted by atomic mass is 127. The number of benzene rings is 2. The molecule has 0 bridgehead atoms. The van der Waals surface area contributed by atoms with Gasteiger partial charge in [-0.25, -0.2) is 0 Å². The predicted molar refractivity (Wildman–Crippen MR) is 109 cm³/mol. The third kappa shape index (κ3) is 5.05. The molecule has 0 fully saturated rings. The maximum absolute atomic E-state index is 12.2. The van der Waals surface area contributed by atoms with Gasteiger partial charge in [0.25, 0.3) is 5.91 Å². The van der Waals surface area contributed by atoms with Gasteiger partial charge in [-0.3, -0.25) is 10.1 Å². The summed E-state index contributed by atoms with van der Waals surface area (Å²) in [5, 5.41) is 6.23. The van der Waals surface area contributed by atoms with E-state index in [9.17, 15) is 4.79 Å². The summed E-state index contributed by atoms with van der Waals surface area (Å²) in [7, 11) is 3.94. The summed E-state index contributed by atoms with van der Waals surface area (Å²) in [6.45, 7) is 0. The van der Waals surface area contributed by atoms with Crippen LogP contribution in [0.3, 0.4) is 0 Å². The lowest BCUT2D eigenvalue weighted by atomic mass is 10.2. The highest BCUT2D eigenvalue weighted by molar-refractivity contribution is 14.1. The summed E-state index contributed by atoms with van der Waals surface area (Å²) < 4.78 is 0.926. The van der Waals surface area contributed by atoms with Gasteiger partial charge in [-0.15, -0.1) is 0 Å². The van der Waals surface area contributed by atoms with Gasteiger partial charge in [-0.1, -0.05) is 11.6 Å². The standard InChI is InChI=1S/C16H15ClIN3OS/c1-21(2)12-6-4-11(5-7-12)19-16(23)20-15(22)13-9-10(18)3-8-14(13)17/h3-9H,1-2H3,(H2,19,20,22,23). The molecule has 0 saturated carbocycles. The van der Waals surface area contributed by atoms with Crippen molar-refractivity contribution >= 4 is 68.8 Å². The van der Waals surface area contributed by atoms with E-state index >= 15 is 0 Å². The molecular formula is C16H15ClIN3OS. The molecule has 0 unspecified atom stereocenters. The molecule has 0 heterocycles. The number of hydrogen-bond acceptors (Lipinski definition) is 3. The van der Waals surface area contributed by atoms with E-state index in [1.54, 1.807) is 12.1 Å². The minimum atomic E-state index is -0.337. The van der Waals surface area contributed by atoms with Crippen LogP contribution in [-0.2, 0) is 0 Å². The summed E-state index contributed by atoms with van der Waals surface area (Å²) >= 11 is 13.3. The van der Waals surface area contributed by atoms with E-state index in [-0.39, 0.29) is 11.0 Å². The molecule has 0 aromatic heterocycles. The Hall–Kier alpha value is -1.38. The summed E-state index contributed by atoms with van der Waals surface area (Å²) in [4.78, 5) is 14.2. The maximum atomic E-state index is 12.2. The largest absolute Gasteiger partial charge is 0.378 e. The Bertz CT molecular complexity index is 735. The van der Waals surface area contributed by atoms with Crippen molar-refractivity contribution in [2.75, 3.05) is 24.3 Å². The molecule has 4 nitrogen and oxygen atoms in total.